The van der Waals surface area contributed by atoms with Gasteiger partial charge in [0.25, 0.3) is 0 Å². The number of phenols is 2. The Morgan fingerprint density at radius 1 is 0.941 bits per heavy atom. The molecule has 0 spiro atoms. The quantitative estimate of drug-likeness (QED) is 0.210. The molecular weight excluding hydrogens is 442 g/mol. The van der Waals surface area contributed by atoms with Crippen molar-refractivity contribution in [3.05, 3.63) is 30.5 Å². The lowest BCUT2D eigenvalue weighted by atomic mass is 10.1. The smallest absolute Gasteiger partial charge is 0.163 e. The Bertz CT molecular complexity index is 1150. The number of methoxy groups -OCH3 is 2. The molecule has 1 aliphatic rings. The highest BCUT2D eigenvalue weighted by molar-refractivity contribution is 5.98. The Morgan fingerprint density at radius 3 is 2.44 bits per heavy atom. The third-order valence-corrected chi connectivity index (χ3v) is 5.67. The first-order valence-corrected chi connectivity index (χ1v) is 11.0. The zero-order chi connectivity index (χ0) is 24.1. The van der Waals surface area contributed by atoms with Crippen LogP contribution in [0.4, 0.5) is 11.4 Å². The van der Waals surface area contributed by atoms with Crippen molar-refractivity contribution in [2.24, 2.45) is 0 Å². The molecule has 0 aliphatic carbocycles. The van der Waals surface area contributed by atoms with E-state index in [0.29, 0.717) is 34.7 Å². The summed E-state index contributed by atoms with van der Waals surface area (Å²) in [5, 5.41) is 34.2. The van der Waals surface area contributed by atoms with Crippen LogP contribution in [0.1, 0.15) is 6.42 Å². The van der Waals surface area contributed by atoms with Crippen molar-refractivity contribution in [3.8, 4) is 34.5 Å². The van der Waals surface area contributed by atoms with Gasteiger partial charge < -0.3 is 39.6 Å². The maximum Gasteiger partial charge on any atom is 0.163 e. The fraction of sp³-hybridized carbons (Fsp3) is 0.375. The van der Waals surface area contributed by atoms with Gasteiger partial charge in [0.1, 0.15) is 5.75 Å². The number of hydrogen-bond acceptors (Lipinski definition) is 10. The number of nitrogens with one attached hydrogen (secondary N) is 1. The summed E-state index contributed by atoms with van der Waals surface area (Å²) < 4.78 is 22.0. The molecule has 2 aromatic carbocycles. The Labute approximate surface area is 197 Å². The van der Waals surface area contributed by atoms with Gasteiger partial charge in [-0.2, -0.15) is 0 Å². The highest BCUT2D eigenvalue weighted by Gasteiger charge is 2.17. The molecule has 1 aliphatic heterocycles. The van der Waals surface area contributed by atoms with Crippen LogP contribution in [0.2, 0.25) is 0 Å². The maximum absolute atomic E-state index is 10.5. The third-order valence-electron chi connectivity index (χ3n) is 5.67. The van der Waals surface area contributed by atoms with Crippen molar-refractivity contribution in [2.75, 3.05) is 59.0 Å². The molecule has 1 fully saturated rings. The second-order valence-electron chi connectivity index (χ2n) is 7.86. The van der Waals surface area contributed by atoms with Crippen LogP contribution >= 0.6 is 0 Å². The molecule has 0 amide bonds. The van der Waals surface area contributed by atoms with E-state index in [4.69, 9.17) is 18.9 Å². The van der Waals surface area contributed by atoms with E-state index in [9.17, 15) is 15.3 Å². The van der Waals surface area contributed by atoms with E-state index in [1.54, 1.807) is 19.2 Å². The predicted octanol–water partition coefficient (Wildman–Crippen LogP) is 3.21. The Hall–Kier alpha value is -3.63. The number of rotatable bonds is 9. The fourth-order valence-corrected chi connectivity index (χ4v) is 3.84. The molecule has 0 unspecified atom stereocenters. The van der Waals surface area contributed by atoms with E-state index < -0.39 is 0 Å². The summed E-state index contributed by atoms with van der Waals surface area (Å²) >= 11 is 0. The lowest BCUT2D eigenvalue weighted by molar-refractivity contribution is 0.0357. The van der Waals surface area contributed by atoms with Crippen molar-refractivity contribution < 1.29 is 34.3 Å². The normalized spacial score (nSPS) is 14.2. The second kappa shape index (κ2) is 10.5. The van der Waals surface area contributed by atoms with Crippen molar-refractivity contribution in [1.82, 2.24) is 9.88 Å². The first kappa shape index (κ1) is 23.5. The number of nitrogens with zero attached hydrogens (tertiary/aromatic N) is 2. The Balaban J connectivity index is 1.56. The topological polar surface area (TPSA) is 126 Å². The molecule has 0 bridgehead atoms. The SMILES string of the molecule is COc1cc(Nc2c(O)cnc3cc(OCCCN4CCOCC4)c(OC)cc23)c(O)cc1O. The molecule has 2 heterocycles. The van der Waals surface area contributed by atoms with Crippen LogP contribution in [-0.2, 0) is 4.74 Å². The molecule has 3 aromatic rings. The van der Waals surface area contributed by atoms with E-state index in [1.807, 2.05) is 0 Å². The van der Waals surface area contributed by atoms with E-state index in [2.05, 4.69) is 15.2 Å². The van der Waals surface area contributed by atoms with Gasteiger partial charge in [-0.05, 0) is 12.5 Å². The number of anilines is 2. The minimum absolute atomic E-state index is 0.125. The minimum atomic E-state index is -0.213. The average molecular weight is 472 g/mol. The van der Waals surface area contributed by atoms with Crippen LogP contribution in [0, 0.1) is 0 Å². The summed E-state index contributed by atoms with van der Waals surface area (Å²) in [5.74, 6) is 0.669. The number of hydrogen-bond donors (Lipinski definition) is 4. The van der Waals surface area contributed by atoms with Crippen LogP contribution in [0.3, 0.4) is 0 Å². The number of morpholine rings is 1. The summed E-state index contributed by atoms with van der Waals surface area (Å²) in [6.45, 7) is 4.85. The van der Waals surface area contributed by atoms with Gasteiger partial charge in [0, 0.05) is 43.2 Å². The van der Waals surface area contributed by atoms with Crippen molar-refractivity contribution in [3.63, 3.8) is 0 Å². The fourth-order valence-electron chi connectivity index (χ4n) is 3.84. The molecule has 0 atom stereocenters. The standard InChI is InChI=1S/C24H29N3O7/c1-31-21-12-17(18(28)13-19(21)29)26-24-15-10-22(32-2)23(11-16(15)25-14-20(24)30)34-7-3-4-27-5-8-33-9-6-27/h10-14,28-30H,3-9H2,1-2H3,(H,25,26). The van der Waals surface area contributed by atoms with Gasteiger partial charge in [-0.3, -0.25) is 9.88 Å². The number of aromatic hydroxyl groups is 3. The highest BCUT2D eigenvalue weighted by Crippen LogP contribution is 2.43. The highest BCUT2D eigenvalue weighted by atomic mass is 16.5. The second-order valence-corrected chi connectivity index (χ2v) is 7.86. The monoisotopic (exact) mass is 471 g/mol. The van der Waals surface area contributed by atoms with Crippen molar-refractivity contribution in [2.45, 2.75) is 6.42 Å². The molecule has 1 saturated heterocycles. The van der Waals surface area contributed by atoms with Gasteiger partial charge in [-0.1, -0.05) is 0 Å². The van der Waals surface area contributed by atoms with Gasteiger partial charge in [0.2, 0.25) is 0 Å². The van der Waals surface area contributed by atoms with Crippen LogP contribution in [0.5, 0.6) is 34.5 Å². The molecule has 34 heavy (non-hydrogen) atoms. The summed E-state index contributed by atoms with van der Waals surface area (Å²) in [6.07, 6.45) is 2.17. The molecule has 0 radical (unpaired) electrons. The zero-order valence-corrected chi connectivity index (χ0v) is 19.2. The summed E-state index contributed by atoms with van der Waals surface area (Å²) in [7, 11) is 2.95. The molecule has 10 nitrogen and oxygen atoms in total. The maximum atomic E-state index is 10.5. The van der Waals surface area contributed by atoms with E-state index in [1.165, 1.54) is 19.4 Å². The lowest BCUT2D eigenvalue weighted by Gasteiger charge is -2.26. The number of benzene rings is 2. The minimum Gasteiger partial charge on any atom is -0.506 e. The molecule has 182 valence electrons. The van der Waals surface area contributed by atoms with Crippen LogP contribution in [0.15, 0.2) is 30.5 Å². The summed E-state index contributed by atoms with van der Waals surface area (Å²) in [6, 6.07) is 6.06. The van der Waals surface area contributed by atoms with Gasteiger partial charge in [-0.15, -0.1) is 0 Å². The predicted molar refractivity (Wildman–Crippen MR) is 127 cm³/mol. The molecule has 0 saturated carbocycles. The van der Waals surface area contributed by atoms with Gasteiger partial charge in [-0.25, -0.2) is 0 Å². The molecule has 10 heteroatoms. The lowest BCUT2D eigenvalue weighted by Crippen LogP contribution is -2.37. The average Bonchev–Trinajstić information content (AvgIpc) is 2.85. The van der Waals surface area contributed by atoms with Crippen LogP contribution < -0.4 is 19.5 Å². The summed E-state index contributed by atoms with van der Waals surface area (Å²) in [5.41, 5.74) is 1.11. The third kappa shape index (κ3) is 5.13. The molecule has 4 rings (SSSR count). The molecule has 4 N–H and O–H groups in total. The first-order chi connectivity index (χ1) is 16.5. The summed E-state index contributed by atoms with van der Waals surface area (Å²) in [4.78, 5) is 6.66. The number of fused-ring (bicyclic) bond motifs is 1. The number of ether oxygens (including phenoxy) is 4. The molecule has 1 aromatic heterocycles. The van der Waals surface area contributed by atoms with Crippen LogP contribution in [-0.4, -0.2) is 78.9 Å². The van der Waals surface area contributed by atoms with Crippen molar-refractivity contribution in [1.29, 1.82) is 0 Å². The number of aromatic nitrogens is 1. The van der Waals surface area contributed by atoms with Crippen LogP contribution in [0.25, 0.3) is 10.9 Å². The van der Waals surface area contributed by atoms with E-state index in [-0.39, 0.29) is 28.7 Å². The van der Waals surface area contributed by atoms with E-state index in [0.717, 1.165) is 45.3 Å². The van der Waals surface area contributed by atoms with Gasteiger partial charge in [0.05, 0.1) is 57.1 Å². The zero-order valence-electron chi connectivity index (χ0n) is 19.2. The van der Waals surface area contributed by atoms with Crippen molar-refractivity contribution >= 4 is 22.3 Å². The molecular formula is C24H29N3O7. The van der Waals surface area contributed by atoms with Gasteiger partial charge in [0.15, 0.2) is 28.7 Å². The van der Waals surface area contributed by atoms with E-state index >= 15 is 0 Å². The first-order valence-electron chi connectivity index (χ1n) is 11.0. The Kier molecular flexibility index (Phi) is 7.29. The number of pyridine rings is 1. The van der Waals surface area contributed by atoms with Gasteiger partial charge >= 0.3 is 0 Å². The largest absolute Gasteiger partial charge is 0.506 e. The Morgan fingerprint density at radius 2 is 1.71 bits per heavy atom. The number of phenolic OH excluding ortho intramolecular Hbond substituents is 2.